The van der Waals surface area contributed by atoms with Crippen molar-refractivity contribution >= 4 is 28.9 Å². The van der Waals surface area contributed by atoms with Gasteiger partial charge in [-0.1, -0.05) is 60.7 Å². The van der Waals surface area contributed by atoms with E-state index in [-0.39, 0.29) is 5.91 Å². The molecule has 31 heavy (non-hydrogen) atoms. The van der Waals surface area contributed by atoms with E-state index in [9.17, 15) is 4.79 Å². The highest BCUT2D eigenvalue weighted by molar-refractivity contribution is 7.71. The van der Waals surface area contributed by atoms with Crippen LogP contribution in [0.15, 0.2) is 79.0 Å². The molecule has 0 spiro atoms. The number of hydrogen-bond acceptors (Lipinski definition) is 3. The minimum Gasteiger partial charge on any atom is -0.336 e. The number of hydrogen-bond donors (Lipinski definition) is 1. The number of nitrogens with zero attached hydrogens (tertiary/aromatic N) is 3. The first-order valence-corrected chi connectivity index (χ1v) is 11.0. The largest absolute Gasteiger partial charge is 0.336 e. The van der Waals surface area contributed by atoms with Crippen molar-refractivity contribution in [2.45, 2.75) is 6.54 Å². The number of amides is 1. The molecule has 0 unspecified atom stereocenters. The smallest absolute Gasteiger partial charge is 0.272 e. The zero-order valence-electron chi connectivity index (χ0n) is 17.2. The lowest BCUT2D eigenvalue weighted by atomic mass is 10.0. The van der Waals surface area contributed by atoms with Crippen molar-refractivity contribution < 1.29 is 4.79 Å². The lowest BCUT2D eigenvalue weighted by Crippen LogP contribution is -2.48. The van der Waals surface area contributed by atoms with Crippen LogP contribution in [0.1, 0.15) is 16.1 Å². The summed E-state index contributed by atoms with van der Waals surface area (Å²) in [6.07, 6.45) is 1.72. The quantitative estimate of drug-likeness (QED) is 0.482. The molecule has 0 bridgehead atoms. The number of para-hydroxylation sites is 1. The summed E-state index contributed by atoms with van der Waals surface area (Å²) in [6, 6.07) is 24.8. The zero-order valence-corrected chi connectivity index (χ0v) is 18.0. The summed E-state index contributed by atoms with van der Waals surface area (Å²) in [5, 5.41) is 2.57. The molecule has 0 aliphatic carbocycles. The molecule has 0 radical (unpaired) electrons. The number of fused-ring (bicyclic) bond motifs is 1. The van der Waals surface area contributed by atoms with Gasteiger partial charge in [-0.2, -0.15) is 0 Å². The SMILES string of the molecule is O=C(c1c[nH]c(=S)n1-c1ccccc1)N1CCN(Cc2cccc3ccccc23)CC1. The number of piperazine rings is 1. The van der Waals surface area contributed by atoms with Crippen molar-refractivity contribution in [3.63, 3.8) is 0 Å². The molecule has 1 N–H and O–H groups in total. The molecule has 1 saturated heterocycles. The van der Waals surface area contributed by atoms with Crippen LogP contribution in [0.25, 0.3) is 16.5 Å². The van der Waals surface area contributed by atoms with Gasteiger partial charge in [0.05, 0.1) is 0 Å². The maximum absolute atomic E-state index is 13.3. The van der Waals surface area contributed by atoms with E-state index in [1.54, 1.807) is 6.20 Å². The molecule has 1 aromatic heterocycles. The summed E-state index contributed by atoms with van der Waals surface area (Å²) in [7, 11) is 0. The highest BCUT2D eigenvalue weighted by atomic mass is 32.1. The topological polar surface area (TPSA) is 44.3 Å². The van der Waals surface area contributed by atoms with E-state index in [1.807, 2.05) is 39.8 Å². The van der Waals surface area contributed by atoms with Crippen LogP contribution in [0.4, 0.5) is 0 Å². The molecule has 5 rings (SSSR count). The summed E-state index contributed by atoms with van der Waals surface area (Å²) < 4.78 is 2.35. The summed E-state index contributed by atoms with van der Waals surface area (Å²) in [5.41, 5.74) is 2.81. The Bertz CT molecular complexity index is 1260. The van der Waals surface area contributed by atoms with E-state index >= 15 is 0 Å². The molecule has 2 heterocycles. The molecular weight excluding hydrogens is 404 g/mol. The number of carbonyl (C=O) groups excluding carboxylic acids is 1. The number of imidazole rings is 1. The zero-order chi connectivity index (χ0) is 21.2. The van der Waals surface area contributed by atoms with Gasteiger partial charge in [0.15, 0.2) is 4.77 Å². The Morgan fingerprint density at radius 1 is 0.871 bits per heavy atom. The normalized spacial score (nSPS) is 14.8. The number of H-pyrrole nitrogens is 1. The molecule has 1 fully saturated rings. The fourth-order valence-electron chi connectivity index (χ4n) is 4.30. The number of carbonyl (C=O) groups is 1. The first-order chi connectivity index (χ1) is 15.2. The van der Waals surface area contributed by atoms with Gasteiger partial charge in [0, 0.05) is 44.6 Å². The third-order valence-electron chi connectivity index (χ3n) is 5.94. The van der Waals surface area contributed by atoms with Crippen molar-refractivity contribution in [2.24, 2.45) is 0 Å². The molecule has 0 atom stereocenters. The molecular formula is C25H24N4OS. The lowest BCUT2D eigenvalue weighted by Gasteiger charge is -2.35. The Morgan fingerprint density at radius 3 is 2.39 bits per heavy atom. The van der Waals surface area contributed by atoms with Gasteiger partial charge >= 0.3 is 0 Å². The van der Waals surface area contributed by atoms with Gasteiger partial charge in [-0.15, -0.1) is 0 Å². The fourth-order valence-corrected chi connectivity index (χ4v) is 4.56. The molecule has 4 aromatic rings. The molecule has 5 nitrogen and oxygen atoms in total. The minimum absolute atomic E-state index is 0.0148. The standard InChI is InChI=1S/C25H24N4OS/c30-24(23-17-26-25(31)29(23)21-10-2-1-3-11-21)28-15-13-27(14-16-28)18-20-9-6-8-19-7-4-5-12-22(19)20/h1-12,17H,13-16,18H2,(H,26,31). The molecule has 1 aliphatic rings. The van der Waals surface area contributed by atoms with Gasteiger partial charge in [0.2, 0.25) is 0 Å². The second kappa shape index (κ2) is 8.49. The van der Waals surface area contributed by atoms with E-state index < -0.39 is 0 Å². The fraction of sp³-hybridized carbons (Fsp3) is 0.200. The highest BCUT2D eigenvalue weighted by Gasteiger charge is 2.25. The Kier molecular flexibility index (Phi) is 5.40. The number of aromatic amines is 1. The van der Waals surface area contributed by atoms with E-state index in [0.717, 1.165) is 25.3 Å². The third kappa shape index (κ3) is 3.92. The van der Waals surface area contributed by atoms with Crippen LogP contribution in [0.5, 0.6) is 0 Å². The van der Waals surface area contributed by atoms with Crippen molar-refractivity contribution in [1.82, 2.24) is 19.4 Å². The predicted octanol–water partition coefficient (Wildman–Crippen LogP) is 4.65. The minimum atomic E-state index is 0.0148. The van der Waals surface area contributed by atoms with Crippen LogP contribution in [0, 0.1) is 4.77 Å². The second-order valence-corrected chi connectivity index (χ2v) is 8.24. The van der Waals surface area contributed by atoms with Gasteiger partial charge in [-0.05, 0) is 40.7 Å². The third-order valence-corrected chi connectivity index (χ3v) is 6.24. The van der Waals surface area contributed by atoms with Gasteiger partial charge < -0.3 is 9.88 Å². The maximum Gasteiger partial charge on any atom is 0.272 e. The van der Waals surface area contributed by atoms with Gasteiger partial charge in [0.25, 0.3) is 5.91 Å². The van der Waals surface area contributed by atoms with Crippen molar-refractivity contribution in [2.75, 3.05) is 26.2 Å². The molecule has 6 heteroatoms. The highest BCUT2D eigenvalue weighted by Crippen LogP contribution is 2.21. The van der Waals surface area contributed by atoms with Crippen LogP contribution >= 0.6 is 12.2 Å². The van der Waals surface area contributed by atoms with Gasteiger partial charge in [-0.25, -0.2) is 0 Å². The first kappa shape index (κ1) is 19.7. The van der Waals surface area contributed by atoms with Crippen molar-refractivity contribution in [3.05, 3.63) is 95.0 Å². The van der Waals surface area contributed by atoms with Crippen molar-refractivity contribution in [3.8, 4) is 5.69 Å². The molecule has 1 amide bonds. The molecule has 0 saturated carbocycles. The molecule has 156 valence electrons. The predicted molar refractivity (Wildman–Crippen MR) is 126 cm³/mol. The van der Waals surface area contributed by atoms with Crippen molar-refractivity contribution in [1.29, 1.82) is 0 Å². The number of aromatic nitrogens is 2. The summed E-state index contributed by atoms with van der Waals surface area (Å²) in [4.78, 5) is 20.7. The Labute approximate surface area is 186 Å². The van der Waals surface area contributed by atoms with Crippen LogP contribution in [-0.4, -0.2) is 51.4 Å². The van der Waals surface area contributed by atoms with Gasteiger partial charge in [0.1, 0.15) is 5.69 Å². The Morgan fingerprint density at radius 2 is 1.58 bits per heavy atom. The lowest BCUT2D eigenvalue weighted by molar-refractivity contribution is 0.0621. The molecule has 3 aromatic carbocycles. The van der Waals surface area contributed by atoms with Crippen LogP contribution in [-0.2, 0) is 6.54 Å². The van der Waals surface area contributed by atoms with Crippen LogP contribution < -0.4 is 0 Å². The summed E-state index contributed by atoms with van der Waals surface area (Å²) in [6.45, 7) is 4.01. The van der Waals surface area contributed by atoms with E-state index in [0.29, 0.717) is 23.6 Å². The number of benzene rings is 3. The number of nitrogens with one attached hydrogen (secondary N) is 1. The van der Waals surface area contributed by atoms with E-state index in [2.05, 4.69) is 52.3 Å². The van der Waals surface area contributed by atoms with Gasteiger partial charge in [-0.3, -0.25) is 14.3 Å². The summed E-state index contributed by atoms with van der Waals surface area (Å²) >= 11 is 5.43. The monoisotopic (exact) mass is 428 g/mol. The van der Waals surface area contributed by atoms with E-state index in [1.165, 1.54) is 16.3 Å². The Balaban J connectivity index is 1.29. The van der Waals surface area contributed by atoms with Crippen LogP contribution in [0.3, 0.4) is 0 Å². The average Bonchev–Trinajstić information content (AvgIpc) is 3.21. The maximum atomic E-state index is 13.3. The average molecular weight is 429 g/mol. The Hall–Kier alpha value is -3.22. The van der Waals surface area contributed by atoms with E-state index in [4.69, 9.17) is 12.2 Å². The summed E-state index contributed by atoms with van der Waals surface area (Å²) in [5.74, 6) is 0.0148. The first-order valence-electron chi connectivity index (χ1n) is 10.5. The van der Waals surface area contributed by atoms with Crippen LogP contribution in [0.2, 0.25) is 0 Å². The molecule has 1 aliphatic heterocycles. The number of rotatable bonds is 4. The second-order valence-electron chi connectivity index (χ2n) is 7.86.